The Hall–Kier alpha value is -2.09. The number of hydrogen-bond donors (Lipinski definition) is 1. The Morgan fingerprint density at radius 3 is 2.10 bits per heavy atom. The average molecular weight is 263 g/mol. The molecule has 0 radical (unpaired) electrons. The van der Waals surface area contributed by atoms with Gasteiger partial charge in [0.15, 0.2) is 0 Å². The van der Waals surface area contributed by atoms with Gasteiger partial charge in [-0.25, -0.2) is 0 Å². The fourth-order valence-corrected chi connectivity index (χ4v) is 3.92. The molecule has 2 aromatic carbocycles. The van der Waals surface area contributed by atoms with Gasteiger partial charge in [-0.15, -0.1) is 0 Å². The molecule has 2 nitrogen and oxygen atoms in total. The van der Waals surface area contributed by atoms with Gasteiger partial charge in [0.1, 0.15) is 0 Å². The highest BCUT2D eigenvalue weighted by atomic mass is 16.2. The van der Waals surface area contributed by atoms with Gasteiger partial charge < -0.3 is 5.32 Å². The first-order chi connectivity index (χ1) is 9.77. The monoisotopic (exact) mass is 263 g/mol. The Labute approximate surface area is 118 Å². The lowest BCUT2D eigenvalue weighted by molar-refractivity contribution is -0.119. The zero-order valence-corrected chi connectivity index (χ0v) is 11.3. The van der Waals surface area contributed by atoms with E-state index >= 15 is 0 Å². The minimum absolute atomic E-state index is 0.0299. The van der Waals surface area contributed by atoms with E-state index in [2.05, 4.69) is 53.8 Å². The molecule has 20 heavy (non-hydrogen) atoms. The Bertz CT molecular complexity index is 637. The number of carbonyl (C=O) groups is 1. The molecular formula is C18H17NO. The summed E-state index contributed by atoms with van der Waals surface area (Å²) < 4.78 is 0. The van der Waals surface area contributed by atoms with Crippen LogP contribution >= 0.6 is 0 Å². The molecule has 2 aliphatic rings. The van der Waals surface area contributed by atoms with Gasteiger partial charge in [0.2, 0.25) is 5.91 Å². The van der Waals surface area contributed by atoms with Crippen LogP contribution in [0, 0.1) is 5.41 Å². The fraction of sp³-hybridized carbons (Fsp3) is 0.278. The van der Waals surface area contributed by atoms with E-state index in [1.54, 1.807) is 0 Å². The van der Waals surface area contributed by atoms with Gasteiger partial charge in [0.25, 0.3) is 0 Å². The molecule has 0 saturated carbocycles. The molecule has 1 aliphatic heterocycles. The molecule has 1 heterocycles. The number of hydrogen-bond acceptors (Lipinski definition) is 1. The van der Waals surface area contributed by atoms with E-state index in [0.29, 0.717) is 6.42 Å². The Kier molecular flexibility index (Phi) is 2.46. The highest BCUT2D eigenvalue weighted by Crippen LogP contribution is 2.51. The molecule has 2 aromatic rings. The van der Waals surface area contributed by atoms with Crippen LogP contribution in [0.25, 0.3) is 0 Å². The third-order valence-corrected chi connectivity index (χ3v) is 4.77. The second-order valence-electron chi connectivity index (χ2n) is 6.07. The van der Waals surface area contributed by atoms with Crippen LogP contribution in [0.4, 0.5) is 0 Å². The van der Waals surface area contributed by atoms with Gasteiger partial charge in [0, 0.05) is 11.8 Å². The lowest BCUT2D eigenvalue weighted by Crippen LogP contribution is -2.30. The SMILES string of the molecule is O=C1CC2(Cc3ccccc3C2)C(c2ccccc2)N1. The summed E-state index contributed by atoms with van der Waals surface area (Å²) in [4.78, 5) is 12.0. The van der Waals surface area contributed by atoms with Gasteiger partial charge in [0.05, 0.1) is 6.04 Å². The number of carbonyl (C=O) groups excluding carboxylic acids is 1. The molecule has 0 aromatic heterocycles. The number of benzene rings is 2. The molecule has 2 heteroatoms. The molecule has 1 atom stereocenters. The maximum Gasteiger partial charge on any atom is 0.221 e. The van der Waals surface area contributed by atoms with Crippen molar-refractivity contribution in [1.29, 1.82) is 0 Å². The molecular weight excluding hydrogens is 246 g/mol. The summed E-state index contributed by atoms with van der Waals surface area (Å²) in [5.41, 5.74) is 4.07. The number of rotatable bonds is 1. The lowest BCUT2D eigenvalue weighted by Gasteiger charge is -2.30. The summed E-state index contributed by atoms with van der Waals surface area (Å²) in [6.45, 7) is 0. The van der Waals surface area contributed by atoms with Crippen molar-refractivity contribution in [3.8, 4) is 0 Å². The van der Waals surface area contributed by atoms with Crippen molar-refractivity contribution < 1.29 is 4.79 Å². The number of fused-ring (bicyclic) bond motifs is 1. The smallest absolute Gasteiger partial charge is 0.221 e. The molecule has 4 rings (SSSR count). The first-order valence-corrected chi connectivity index (χ1v) is 7.18. The third kappa shape index (κ3) is 1.68. The van der Waals surface area contributed by atoms with Crippen molar-refractivity contribution in [3.05, 3.63) is 71.3 Å². The normalized spacial score (nSPS) is 22.8. The van der Waals surface area contributed by atoms with Crippen LogP contribution in [0.1, 0.15) is 29.2 Å². The van der Waals surface area contributed by atoms with Crippen LogP contribution in [-0.2, 0) is 17.6 Å². The van der Waals surface area contributed by atoms with Gasteiger partial charge in [-0.05, 0) is 29.5 Å². The van der Waals surface area contributed by atoms with E-state index in [4.69, 9.17) is 0 Å². The molecule has 0 bridgehead atoms. The minimum atomic E-state index is 0.0299. The van der Waals surface area contributed by atoms with Crippen LogP contribution in [-0.4, -0.2) is 5.91 Å². The maximum absolute atomic E-state index is 12.0. The van der Waals surface area contributed by atoms with Crippen molar-refractivity contribution >= 4 is 5.91 Å². The Balaban J connectivity index is 1.76. The van der Waals surface area contributed by atoms with E-state index < -0.39 is 0 Å². The second kappa shape index (κ2) is 4.20. The van der Waals surface area contributed by atoms with Crippen molar-refractivity contribution in [1.82, 2.24) is 5.32 Å². The van der Waals surface area contributed by atoms with Crippen molar-refractivity contribution in [3.63, 3.8) is 0 Å². The van der Waals surface area contributed by atoms with Crippen molar-refractivity contribution in [2.75, 3.05) is 0 Å². The zero-order chi connectivity index (χ0) is 13.6. The van der Waals surface area contributed by atoms with Gasteiger partial charge in [-0.2, -0.15) is 0 Å². The highest BCUT2D eigenvalue weighted by molar-refractivity contribution is 5.81. The lowest BCUT2D eigenvalue weighted by atomic mass is 9.75. The van der Waals surface area contributed by atoms with E-state index in [1.165, 1.54) is 16.7 Å². The average Bonchev–Trinajstić information content (AvgIpc) is 2.99. The topological polar surface area (TPSA) is 29.1 Å². The Morgan fingerprint density at radius 1 is 0.850 bits per heavy atom. The predicted octanol–water partition coefficient (Wildman–Crippen LogP) is 3.03. The van der Waals surface area contributed by atoms with Crippen LogP contribution in [0.5, 0.6) is 0 Å². The molecule has 1 amide bonds. The largest absolute Gasteiger partial charge is 0.349 e. The molecule has 1 unspecified atom stereocenters. The molecule has 100 valence electrons. The quantitative estimate of drug-likeness (QED) is 0.842. The molecule has 1 N–H and O–H groups in total. The van der Waals surface area contributed by atoms with Gasteiger partial charge >= 0.3 is 0 Å². The summed E-state index contributed by atoms with van der Waals surface area (Å²) in [6.07, 6.45) is 2.64. The summed E-state index contributed by atoms with van der Waals surface area (Å²) >= 11 is 0. The fourth-order valence-electron chi connectivity index (χ4n) is 3.92. The molecule has 1 aliphatic carbocycles. The first kappa shape index (κ1) is 11.7. The van der Waals surface area contributed by atoms with Crippen LogP contribution in [0.2, 0.25) is 0 Å². The predicted molar refractivity (Wildman–Crippen MR) is 78.2 cm³/mol. The molecule has 1 fully saturated rings. The molecule has 1 spiro atoms. The highest BCUT2D eigenvalue weighted by Gasteiger charge is 2.50. The van der Waals surface area contributed by atoms with Crippen LogP contribution in [0.3, 0.4) is 0 Å². The zero-order valence-electron chi connectivity index (χ0n) is 11.3. The summed E-state index contributed by atoms with van der Waals surface area (Å²) in [7, 11) is 0. The van der Waals surface area contributed by atoms with E-state index in [9.17, 15) is 4.79 Å². The molecule has 1 saturated heterocycles. The Morgan fingerprint density at radius 2 is 1.45 bits per heavy atom. The van der Waals surface area contributed by atoms with E-state index in [0.717, 1.165) is 12.8 Å². The maximum atomic E-state index is 12.0. The summed E-state index contributed by atoms with van der Waals surface area (Å²) in [6, 6.07) is 19.1. The van der Waals surface area contributed by atoms with Crippen molar-refractivity contribution in [2.45, 2.75) is 25.3 Å². The minimum Gasteiger partial charge on any atom is -0.349 e. The summed E-state index contributed by atoms with van der Waals surface area (Å²) in [5, 5.41) is 3.20. The van der Waals surface area contributed by atoms with Crippen molar-refractivity contribution in [2.24, 2.45) is 5.41 Å². The van der Waals surface area contributed by atoms with Crippen LogP contribution < -0.4 is 5.32 Å². The second-order valence-corrected chi connectivity index (χ2v) is 6.07. The van der Waals surface area contributed by atoms with E-state index in [1.807, 2.05) is 6.07 Å². The summed E-state index contributed by atoms with van der Waals surface area (Å²) in [5.74, 6) is 0.187. The standard InChI is InChI=1S/C18H17NO/c20-16-12-18(10-14-8-4-5-9-15(14)11-18)17(19-16)13-6-2-1-3-7-13/h1-9,17H,10-12H2,(H,19,20). The number of nitrogens with one attached hydrogen (secondary N) is 1. The van der Waals surface area contributed by atoms with Gasteiger partial charge in [-0.3, -0.25) is 4.79 Å². The first-order valence-electron chi connectivity index (χ1n) is 7.18. The van der Waals surface area contributed by atoms with Gasteiger partial charge in [-0.1, -0.05) is 54.6 Å². The number of amides is 1. The van der Waals surface area contributed by atoms with E-state index in [-0.39, 0.29) is 17.4 Å². The third-order valence-electron chi connectivity index (χ3n) is 4.77. The van der Waals surface area contributed by atoms with Crippen LogP contribution in [0.15, 0.2) is 54.6 Å².